The van der Waals surface area contributed by atoms with Gasteiger partial charge in [0.15, 0.2) is 0 Å². The number of benzene rings is 2. The van der Waals surface area contributed by atoms with Crippen LogP contribution in [0.3, 0.4) is 0 Å². The van der Waals surface area contributed by atoms with Crippen LogP contribution < -0.4 is 4.85 Å². The summed E-state index contributed by atoms with van der Waals surface area (Å²) < 4.78 is 14.6. The molecule has 6 heteroatoms. The maximum atomic E-state index is 13.0. The summed E-state index contributed by atoms with van der Waals surface area (Å²) >= 11 is 0. The van der Waals surface area contributed by atoms with E-state index in [9.17, 15) is 9.60 Å². The number of hydrogen-bond donors (Lipinski definition) is 0. The first-order valence-corrected chi connectivity index (χ1v) is 6.36. The fourth-order valence-electron chi connectivity index (χ4n) is 2.39. The van der Waals surface area contributed by atoms with Crippen molar-refractivity contribution in [3.63, 3.8) is 0 Å². The van der Waals surface area contributed by atoms with Gasteiger partial charge in [-0.3, -0.25) is 0 Å². The molecule has 0 saturated heterocycles. The Morgan fingerprint density at radius 2 is 1.81 bits per heavy atom. The van der Waals surface area contributed by atoms with E-state index >= 15 is 0 Å². The van der Waals surface area contributed by atoms with Crippen LogP contribution in [0.2, 0.25) is 0 Å². The largest absolute Gasteiger partial charge is 0.594 e. The summed E-state index contributed by atoms with van der Waals surface area (Å²) in [4.78, 5) is 0.583. The number of aromatic nitrogens is 4. The Bertz CT molecular complexity index is 963. The van der Waals surface area contributed by atoms with Gasteiger partial charge in [0.2, 0.25) is 5.65 Å². The van der Waals surface area contributed by atoms with E-state index in [4.69, 9.17) is 0 Å². The summed E-state index contributed by atoms with van der Waals surface area (Å²) in [5, 5.41) is 20.4. The van der Waals surface area contributed by atoms with Crippen LogP contribution in [0.15, 0.2) is 54.7 Å². The van der Waals surface area contributed by atoms with Crippen LogP contribution >= 0.6 is 0 Å². The summed E-state index contributed by atoms with van der Waals surface area (Å²) in [5.74, 6) is -0.312. The number of nitrogens with zero attached hydrogens (tertiary/aromatic N) is 4. The smallest absolute Gasteiger partial charge is 0.270 e. The Morgan fingerprint density at radius 1 is 1.05 bits per heavy atom. The van der Waals surface area contributed by atoms with Gasteiger partial charge in [-0.1, -0.05) is 24.3 Å². The first-order chi connectivity index (χ1) is 10.2. The predicted molar refractivity (Wildman–Crippen MR) is 74.8 cm³/mol. The van der Waals surface area contributed by atoms with Crippen molar-refractivity contribution in [2.45, 2.75) is 0 Å². The highest BCUT2D eigenvalue weighted by molar-refractivity contribution is 5.81. The lowest BCUT2D eigenvalue weighted by atomic mass is 10.1. The Morgan fingerprint density at radius 3 is 2.62 bits per heavy atom. The highest BCUT2D eigenvalue weighted by atomic mass is 19.1. The second-order valence-electron chi connectivity index (χ2n) is 4.66. The molecular formula is C15H9FN4O. The van der Waals surface area contributed by atoms with Gasteiger partial charge in [-0.2, -0.15) is 5.10 Å². The number of halogens is 1. The molecule has 0 spiro atoms. The Hall–Kier alpha value is -3.02. The van der Waals surface area contributed by atoms with E-state index < -0.39 is 0 Å². The number of hydrogen-bond acceptors (Lipinski definition) is 3. The normalized spacial score (nSPS) is 11.3. The van der Waals surface area contributed by atoms with E-state index in [1.165, 1.54) is 12.1 Å². The molecule has 21 heavy (non-hydrogen) atoms. The minimum atomic E-state index is -0.312. The molecule has 2 aromatic heterocycles. The molecular weight excluding hydrogens is 271 g/mol. The average molecular weight is 280 g/mol. The molecule has 0 aliphatic heterocycles. The molecule has 0 atom stereocenters. The average Bonchev–Trinajstić information content (AvgIpc) is 2.92. The van der Waals surface area contributed by atoms with Gasteiger partial charge in [0.1, 0.15) is 11.3 Å². The third-order valence-corrected chi connectivity index (χ3v) is 3.40. The molecule has 0 radical (unpaired) electrons. The van der Waals surface area contributed by atoms with Crippen molar-refractivity contribution in [2.75, 3.05) is 0 Å². The highest BCUT2D eigenvalue weighted by Gasteiger charge is 2.16. The van der Waals surface area contributed by atoms with Gasteiger partial charge in [-0.15, -0.1) is 0 Å². The SMILES string of the molecule is [O-][n+]1nc2c(-c3ccc(F)cc3)cnn2c2ccccc21. The summed E-state index contributed by atoms with van der Waals surface area (Å²) in [6.07, 6.45) is 1.63. The molecule has 2 heterocycles. The third-order valence-electron chi connectivity index (χ3n) is 3.40. The second-order valence-corrected chi connectivity index (χ2v) is 4.66. The first-order valence-electron chi connectivity index (χ1n) is 6.36. The number of rotatable bonds is 1. The molecule has 0 bridgehead atoms. The minimum absolute atomic E-state index is 0.312. The summed E-state index contributed by atoms with van der Waals surface area (Å²) in [5.41, 5.74) is 3.00. The molecule has 0 N–H and O–H groups in total. The van der Waals surface area contributed by atoms with Crippen molar-refractivity contribution in [3.8, 4) is 11.1 Å². The zero-order chi connectivity index (χ0) is 14.4. The monoisotopic (exact) mass is 280 g/mol. The van der Waals surface area contributed by atoms with Crippen LogP contribution in [0.4, 0.5) is 4.39 Å². The summed E-state index contributed by atoms with van der Waals surface area (Å²) in [6, 6.07) is 13.1. The minimum Gasteiger partial charge on any atom is -0.594 e. The van der Waals surface area contributed by atoms with Crippen LogP contribution in [0.25, 0.3) is 27.8 Å². The topological polar surface area (TPSA) is 57.1 Å². The lowest BCUT2D eigenvalue weighted by Gasteiger charge is -2.02. The van der Waals surface area contributed by atoms with Crippen molar-refractivity contribution in [1.82, 2.24) is 14.7 Å². The van der Waals surface area contributed by atoms with E-state index in [0.29, 0.717) is 27.1 Å². The maximum absolute atomic E-state index is 13.0. The lowest BCUT2D eigenvalue weighted by Crippen LogP contribution is -2.33. The molecule has 0 unspecified atom stereocenters. The fourth-order valence-corrected chi connectivity index (χ4v) is 2.39. The molecule has 0 aliphatic rings. The van der Waals surface area contributed by atoms with Crippen molar-refractivity contribution in [1.29, 1.82) is 0 Å². The van der Waals surface area contributed by atoms with Gasteiger partial charge in [0.05, 0.1) is 11.8 Å². The van der Waals surface area contributed by atoms with Gasteiger partial charge in [-0.25, -0.2) is 8.91 Å². The molecule has 0 fully saturated rings. The lowest BCUT2D eigenvalue weighted by molar-refractivity contribution is -0.640. The molecule has 0 aliphatic carbocycles. The van der Waals surface area contributed by atoms with Gasteiger partial charge >= 0.3 is 0 Å². The third kappa shape index (κ3) is 1.73. The van der Waals surface area contributed by atoms with E-state index in [1.807, 2.05) is 6.07 Å². The zero-order valence-corrected chi connectivity index (χ0v) is 10.8. The summed E-state index contributed by atoms with van der Waals surface area (Å²) in [6.45, 7) is 0. The number of fused-ring (bicyclic) bond motifs is 3. The first kappa shape index (κ1) is 11.8. The van der Waals surface area contributed by atoms with Crippen LogP contribution in [0.1, 0.15) is 0 Å². The maximum Gasteiger partial charge on any atom is 0.270 e. The van der Waals surface area contributed by atoms with Gasteiger partial charge in [0.25, 0.3) is 5.52 Å². The van der Waals surface area contributed by atoms with E-state index in [-0.39, 0.29) is 5.82 Å². The van der Waals surface area contributed by atoms with Crippen molar-refractivity contribution >= 4 is 16.7 Å². The molecule has 2 aromatic carbocycles. The Kier molecular flexibility index (Phi) is 2.38. The standard InChI is InChI=1S/C15H9FN4O/c16-11-7-5-10(6-8-11)12-9-17-19-13-3-1-2-4-14(13)20(21)18-15(12)19/h1-9H. The van der Waals surface area contributed by atoms with Gasteiger partial charge in [0, 0.05) is 11.2 Å². The molecule has 0 saturated carbocycles. The quantitative estimate of drug-likeness (QED) is 0.397. The Labute approximate surface area is 118 Å². The van der Waals surface area contributed by atoms with Gasteiger partial charge < -0.3 is 5.21 Å². The van der Waals surface area contributed by atoms with Crippen molar-refractivity contribution in [3.05, 3.63) is 65.8 Å². The van der Waals surface area contributed by atoms with E-state index in [2.05, 4.69) is 10.2 Å². The second kappa shape index (κ2) is 4.24. The molecule has 4 rings (SSSR count). The van der Waals surface area contributed by atoms with Crippen LogP contribution in [-0.4, -0.2) is 14.7 Å². The van der Waals surface area contributed by atoms with Crippen molar-refractivity contribution in [2.24, 2.45) is 0 Å². The van der Waals surface area contributed by atoms with Crippen molar-refractivity contribution < 1.29 is 9.24 Å². The fraction of sp³-hybridized carbons (Fsp3) is 0. The van der Waals surface area contributed by atoms with Crippen LogP contribution in [0, 0.1) is 11.0 Å². The predicted octanol–water partition coefficient (Wildman–Crippen LogP) is 2.32. The Balaban J connectivity index is 2.06. The summed E-state index contributed by atoms with van der Waals surface area (Å²) in [7, 11) is 0. The van der Waals surface area contributed by atoms with Gasteiger partial charge in [-0.05, 0) is 28.6 Å². The molecule has 4 aromatic rings. The van der Waals surface area contributed by atoms with E-state index in [1.54, 1.807) is 41.0 Å². The molecule has 102 valence electrons. The van der Waals surface area contributed by atoms with Crippen LogP contribution in [-0.2, 0) is 0 Å². The van der Waals surface area contributed by atoms with Crippen LogP contribution in [0.5, 0.6) is 0 Å². The molecule has 5 nitrogen and oxygen atoms in total. The number of para-hydroxylation sites is 2. The highest BCUT2D eigenvalue weighted by Crippen LogP contribution is 2.24. The molecule has 0 amide bonds. The zero-order valence-electron chi connectivity index (χ0n) is 10.8. The van der Waals surface area contributed by atoms with E-state index in [0.717, 1.165) is 5.56 Å².